The lowest BCUT2D eigenvalue weighted by atomic mass is 10.2. The molecule has 0 radical (unpaired) electrons. The molecular weight excluding hydrogens is 287 g/mol. The van der Waals surface area contributed by atoms with Crippen LogP contribution in [0.2, 0.25) is 10.0 Å². The van der Waals surface area contributed by atoms with Crippen LogP contribution in [-0.2, 0) is 6.54 Å². The number of nitrogens with zero attached hydrogens (tertiary/aromatic N) is 1. The Morgan fingerprint density at radius 3 is 2.32 bits per heavy atom. The van der Waals surface area contributed by atoms with Gasteiger partial charge in [-0.25, -0.2) is 0 Å². The molecule has 0 amide bonds. The molecular formula is C13H10Cl2N2O2. The average molecular weight is 297 g/mol. The number of nitro benzene ring substituents is 1. The summed E-state index contributed by atoms with van der Waals surface area (Å²) in [5, 5.41) is 14.7. The molecule has 0 bridgehead atoms. The second kappa shape index (κ2) is 5.91. The van der Waals surface area contributed by atoms with Crippen molar-refractivity contribution in [2.45, 2.75) is 6.54 Å². The first kappa shape index (κ1) is 13.6. The molecule has 0 saturated heterocycles. The van der Waals surface area contributed by atoms with Crippen LogP contribution >= 0.6 is 23.2 Å². The van der Waals surface area contributed by atoms with E-state index in [4.69, 9.17) is 23.2 Å². The molecule has 0 heterocycles. The van der Waals surface area contributed by atoms with E-state index < -0.39 is 4.92 Å². The maximum atomic E-state index is 10.5. The van der Waals surface area contributed by atoms with Gasteiger partial charge in [0.1, 0.15) is 0 Å². The van der Waals surface area contributed by atoms with Crippen molar-refractivity contribution in [1.82, 2.24) is 0 Å². The number of halogens is 2. The lowest BCUT2D eigenvalue weighted by Crippen LogP contribution is -1.99. The van der Waals surface area contributed by atoms with Crippen molar-refractivity contribution >= 4 is 34.6 Å². The highest BCUT2D eigenvalue weighted by Gasteiger charge is 2.04. The molecule has 4 nitrogen and oxygen atoms in total. The van der Waals surface area contributed by atoms with E-state index in [9.17, 15) is 10.1 Å². The number of anilines is 1. The molecule has 0 aliphatic carbocycles. The van der Waals surface area contributed by atoms with E-state index in [-0.39, 0.29) is 5.69 Å². The molecule has 0 aliphatic rings. The molecule has 2 aromatic rings. The minimum Gasteiger partial charge on any atom is -0.381 e. The van der Waals surface area contributed by atoms with Crippen LogP contribution in [-0.4, -0.2) is 4.92 Å². The summed E-state index contributed by atoms with van der Waals surface area (Å²) in [6.07, 6.45) is 0. The van der Waals surface area contributed by atoms with Crippen LogP contribution in [0, 0.1) is 10.1 Å². The highest BCUT2D eigenvalue weighted by molar-refractivity contribution is 6.42. The zero-order valence-corrected chi connectivity index (χ0v) is 11.3. The number of nitrogens with one attached hydrogen (secondary N) is 1. The molecule has 98 valence electrons. The van der Waals surface area contributed by atoms with Crippen molar-refractivity contribution in [2.75, 3.05) is 5.32 Å². The van der Waals surface area contributed by atoms with Gasteiger partial charge in [0.25, 0.3) is 5.69 Å². The van der Waals surface area contributed by atoms with Crippen LogP contribution in [0.1, 0.15) is 5.56 Å². The Labute approximate surface area is 120 Å². The lowest BCUT2D eigenvalue weighted by molar-refractivity contribution is -0.384. The van der Waals surface area contributed by atoms with Crippen LogP contribution in [0.4, 0.5) is 11.4 Å². The Bertz CT molecular complexity index is 600. The number of hydrogen-bond donors (Lipinski definition) is 1. The standard InChI is InChI=1S/C13H10Cl2N2O2/c14-12-6-1-9(7-13(12)15)8-16-10-2-4-11(5-3-10)17(18)19/h1-7,16H,8H2. The molecule has 19 heavy (non-hydrogen) atoms. The molecule has 0 atom stereocenters. The lowest BCUT2D eigenvalue weighted by Gasteiger charge is -2.07. The fourth-order valence-corrected chi connectivity index (χ4v) is 1.88. The van der Waals surface area contributed by atoms with Gasteiger partial charge in [0, 0.05) is 24.4 Å². The molecule has 0 aliphatic heterocycles. The number of nitro groups is 1. The van der Waals surface area contributed by atoms with E-state index in [1.165, 1.54) is 12.1 Å². The summed E-state index contributed by atoms with van der Waals surface area (Å²) in [5.41, 5.74) is 1.85. The van der Waals surface area contributed by atoms with Gasteiger partial charge in [0.2, 0.25) is 0 Å². The first-order valence-corrected chi connectivity index (χ1v) is 6.24. The van der Waals surface area contributed by atoms with Gasteiger partial charge in [-0.3, -0.25) is 10.1 Å². The van der Waals surface area contributed by atoms with Crippen molar-refractivity contribution in [2.24, 2.45) is 0 Å². The molecule has 0 fully saturated rings. The Kier molecular flexibility index (Phi) is 4.24. The predicted octanol–water partition coefficient (Wildman–Crippen LogP) is 4.51. The molecule has 2 rings (SSSR count). The monoisotopic (exact) mass is 296 g/mol. The quantitative estimate of drug-likeness (QED) is 0.667. The highest BCUT2D eigenvalue weighted by atomic mass is 35.5. The van der Waals surface area contributed by atoms with Crippen LogP contribution in [0.3, 0.4) is 0 Å². The van der Waals surface area contributed by atoms with E-state index in [2.05, 4.69) is 5.32 Å². The SMILES string of the molecule is O=[N+]([O-])c1ccc(NCc2ccc(Cl)c(Cl)c2)cc1. The summed E-state index contributed by atoms with van der Waals surface area (Å²) in [7, 11) is 0. The maximum absolute atomic E-state index is 10.5. The van der Waals surface area contributed by atoms with Gasteiger partial charge in [-0.15, -0.1) is 0 Å². The summed E-state index contributed by atoms with van der Waals surface area (Å²) < 4.78 is 0. The highest BCUT2D eigenvalue weighted by Crippen LogP contribution is 2.23. The average Bonchev–Trinajstić information content (AvgIpc) is 2.40. The second-order valence-electron chi connectivity index (χ2n) is 3.91. The van der Waals surface area contributed by atoms with Crippen molar-refractivity contribution in [1.29, 1.82) is 0 Å². The molecule has 1 N–H and O–H groups in total. The van der Waals surface area contributed by atoms with Gasteiger partial charge < -0.3 is 5.32 Å². The third-order valence-corrected chi connectivity index (χ3v) is 3.30. The summed E-state index contributed by atoms with van der Waals surface area (Å²) >= 11 is 11.7. The largest absolute Gasteiger partial charge is 0.381 e. The fourth-order valence-electron chi connectivity index (χ4n) is 1.55. The number of benzene rings is 2. The zero-order chi connectivity index (χ0) is 13.8. The third-order valence-electron chi connectivity index (χ3n) is 2.56. The van der Waals surface area contributed by atoms with Gasteiger partial charge in [-0.1, -0.05) is 29.3 Å². The Morgan fingerprint density at radius 2 is 1.74 bits per heavy atom. The molecule has 2 aromatic carbocycles. The predicted molar refractivity (Wildman–Crippen MR) is 76.9 cm³/mol. The van der Waals surface area contributed by atoms with Crippen molar-refractivity contribution in [3.8, 4) is 0 Å². The summed E-state index contributed by atoms with van der Waals surface area (Å²) in [6.45, 7) is 0.564. The summed E-state index contributed by atoms with van der Waals surface area (Å²) in [6, 6.07) is 11.6. The van der Waals surface area contributed by atoms with E-state index in [1.807, 2.05) is 6.07 Å². The van der Waals surface area contributed by atoms with Crippen LogP contribution < -0.4 is 5.32 Å². The molecule has 0 spiro atoms. The first-order chi connectivity index (χ1) is 9.06. The number of rotatable bonds is 4. The Hall–Kier alpha value is -1.78. The van der Waals surface area contributed by atoms with E-state index in [1.54, 1.807) is 24.3 Å². The summed E-state index contributed by atoms with van der Waals surface area (Å²) in [5.74, 6) is 0. The number of non-ortho nitro benzene ring substituents is 1. The molecule has 0 unspecified atom stereocenters. The minimum absolute atomic E-state index is 0.0695. The number of hydrogen-bond acceptors (Lipinski definition) is 3. The molecule has 0 aromatic heterocycles. The smallest absolute Gasteiger partial charge is 0.269 e. The van der Waals surface area contributed by atoms with E-state index in [0.717, 1.165) is 11.3 Å². The second-order valence-corrected chi connectivity index (χ2v) is 4.72. The van der Waals surface area contributed by atoms with Crippen LogP contribution in [0.15, 0.2) is 42.5 Å². The van der Waals surface area contributed by atoms with Gasteiger partial charge >= 0.3 is 0 Å². The zero-order valence-electron chi connectivity index (χ0n) is 9.77. The van der Waals surface area contributed by atoms with Gasteiger partial charge in [-0.2, -0.15) is 0 Å². The van der Waals surface area contributed by atoms with Crippen molar-refractivity contribution in [3.63, 3.8) is 0 Å². The van der Waals surface area contributed by atoms with Crippen molar-refractivity contribution in [3.05, 3.63) is 68.2 Å². The van der Waals surface area contributed by atoms with E-state index in [0.29, 0.717) is 16.6 Å². The van der Waals surface area contributed by atoms with Crippen LogP contribution in [0.25, 0.3) is 0 Å². The molecule has 0 saturated carbocycles. The van der Waals surface area contributed by atoms with E-state index >= 15 is 0 Å². The maximum Gasteiger partial charge on any atom is 0.269 e. The Morgan fingerprint density at radius 1 is 1.05 bits per heavy atom. The van der Waals surface area contributed by atoms with Crippen LogP contribution in [0.5, 0.6) is 0 Å². The van der Waals surface area contributed by atoms with Crippen molar-refractivity contribution < 1.29 is 4.92 Å². The fraction of sp³-hybridized carbons (Fsp3) is 0.0769. The first-order valence-electron chi connectivity index (χ1n) is 5.48. The summed E-state index contributed by atoms with van der Waals surface area (Å²) in [4.78, 5) is 10.1. The van der Waals surface area contributed by atoms with Gasteiger partial charge in [0.15, 0.2) is 0 Å². The molecule has 6 heteroatoms. The normalized spacial score (nSPS) is 10.2. The minimum atomic E-state index is -0.428. The van der Waals surface area contributed by atoms with Gasteiger partial charge in [0.05, 0.1) is 15.0 Å². The third kappa shape index (κ3) is 3.59. The Balaban J connectivity index is 2.01. The topological polar surface area (TPSA) is 55.2 Å². The van der Waals surface area contributed by atoms with Gasteiger partial charge in [-0.05, 0) is 29.8 Å².